The molecule has 1 heterocycles. The van der Waals surface area contributed by atoms with E-state index in [9.17, 15) is 14.4 Å². The minimum atomic E-state index is -1.07. The van der Waals surface area contributed by atoms with Gasteiger partial charge in [0.25, 0.3) is 5.91 Å². The van der Waals surface area contributed by atoms with Crippen molar-refractivity contribution in [3.05, 3.63) is 54.1 Å². The molecule has 2 N–H and O–H groups in total. The second kappa shape index (κ2) is 11.0. The smallest absolute Gasteiger partial charge is 0.329 e. The topological polar surface area (TPSA) is 112 Å². The van der Waals surface area contributed by atoms with Gasteiger partial charge in [0.2, 0.25) is 5.91 Å². The van der Waals surface area contributed by atoms with Gasteiger partial charge in [0.15, 0.2) is 17.6 Å². The Morgan fingerprint density at radius 2 is 1.70 bits per heavy atom. The molecule has 9 nitrogen and oxygen atoms in total. The quantitative estimate of drug-likeness (QED) is 0.466. The van der Waals surface area contributed by atoms with Crippen LogP contribution in [-0.4, -0.2) is 50.3 Å². The highest BCUT2D eigenvalue weighted by molar-refractivity contribution is 5.97. The van der Waals surface area contributed by atoms with Gasteiger partial charge in [-0.25, -0.2) is 4.79 Å². The monoisotopic (exact) mass is 454 g/mol. The minimum Gasteiger partial charge on any atom is -0.497 e. The Labute approximate surface area is 191 Å². The molecule has 0 aliphatic carbocycles. The number of amides is 2. The molecule has 0 radical (unpaired) electrons. The molecule has 0 bridgehead atoms. The van der Waals surface area contributed by atoms with Gasteiger partial charge in [-0.3, -0.25) is 9.59 Å². The summed E-state index contributed by atoms with van der Waals surface area (Å²) in [4.78, 5) is 36.8. The van der Waals surface area contributed by atoms with Gasteiger partial charge >= 0.3 is 5.97 Å². The third-order valence-electron chi connectivity index (χ3n) is 4.73. The fourth-order valence-electron chi connectivity index (χ4n) is 2.90. The van der Waals surface area contributed by atoms with Crippen LogP contribution < -0.4 is 24.8 Å². The van der Waals surface area contributed by atoms with E-state index in [-0.39, 0.29) is 0 Å². The molecule has 0 fully saturated rings. The number of esters is 1. The van der Waals surface area contributed by atoms with Crippen LogP contribution in [0, 0.1) is 0 Å². The molecular formula is C24H26N2O7. The highest BCUT2D eigenvalue weighted by Gasteiger charge is 2.23. The molecule has 0 saturated heterocycles. The normalized spacial score (nSPS) is 14.2. The molecule has 0 saturated carbocycles. The van der Waals surface area contributed by atoms with Crippen molar-refractivity contribution in [2.75, 3.05) is 25.6 Å². The molecule has 2 atom stereocenters. The van der Waals surface area contributed by atoms with E-state index in [1.54, 1.807) is 55.7 Å². The van der Waals surface area contributed by atoms with Crippen LogP contribution in [0.15, 0.2) is 48.5 Å². The molecule has 2 aromatic rings. The molecule has 2 amide bonds. The summed E-state index contributed by atoms with van der Waals surface area (Å²) >= 11 is 0. The van der Waals surface area contributed by atoms with Gasteiger partial charge in [-0.05, 0) is 49.8 Å². The zero-order chi connectivity index (χ0) is 23.8. The van der Waals surface area contributed by atoms with Crippen molar-refractivity contribution in [1.29, 1.82) is 0 Å². The molecule has 0 aromatic heterocycles. The molecule has 9 heteroatoms. The maximum absolute atomic E-state index is 12.4. The van der Waals surface area contributed by atoms with Crippen molar-refractivity contribution < 1.29 is 33.3 Å². The van der Waals surface area contributed by atoms with Gasteiger partial charge < -0.3 is 29.6 Å². The van der Waals surface area contributed by atoms with E-state index in [2.05, 4.69) is 10.6 Å². The van der Waals surface area contributed by atoms with Crippen molar-refractivity contribution in [2.24, 2.45) is 0 Å². The maximum atomic E-state index is 12.4. The SMILES string of the molecule is COc1ccc(C=CC(=O)N[C@@H](C)C(=O)OC(C)C(=O)Nc2ccc3c(c2)OCCO3)cc1. The van der Waals surface area contributed by atoms with Crippen LogP contribution in [0.25, 0.3) is 6.08 Å². The van der Waals surface area contributed by atoms with Crippen LogP contribution in [0.1, 0.15) is 19.4 Å². The summed E-state index contributed by atoms with van der Waals surface area (Å²) in [7, 11) is 1.57. The molecule has 2 aromatic carbocycles. The number of benzene rings is 2. The average Bonchev–Trinajstić information content (AvgIpc) is 2.82. The summed E-state index contributed by atoms with van der Waals surface area (Å²) < 4.78 is 21.2. The summed E-state index contributed by atoms with van der Waals surface area (Å²) in [5.74, 6) is 0.125. The fourth-order valence-corrected chi connectivity index (χ4v) is 2.90. The van der Waals surface area contributed by atoms with Gasteiger partial charge in [-0.2, -0.15) is 0 Å². The van der Waals surface area contributed by atoms with Crippen LogP contribution in [0.3, 0.4) is 0 Å². The molecule has 1 aliphatic heterocycles. The first-order valence-electron chi connectivity index (χ1n) is 10.4. The fraction of sp³-hybridized carbons (Fsp3) is 0.292. The number of ether oxygens (including phenoxy) is 4. The van der Waals surface area contributed by atoms with E-state index >= 15 is 0 Å². The lowest BCUT2D eigenvalue weighted by atomic mass is 10.2. The molecule has 3 rings (SSSR count). The zero-order valence-corrected chi connectivity index (χ0v) is 18.6. The third-order valence-corrected chi connectivity index (χ3v) is 4.73. The summed E-state index contributed by atoms with van der Waals surface area (Å²) in [6.45, 7) is 3.82. The van der Waals surface area contributed by atoms with Gasteiger partial charge in [0, 0.05) is 17.8 Å². The maximum Gasteiger partial charge on any atom is 0.329 e. The first-order valence-corrected chi connectivity index (χ1v) is 10.4. The first kappa shape index (κ1) is 23.6. The highest BCUT2D eigenvalue weighted by Crippen LogP contribution is 2.32. The van der Waals surface area contributed by atoms with E-state index in [0.717, 1.165) is 5.56 Å². The first-order chi connectivity index (χ1) is 15.9. The van der Waals surface area contributed by atoms with Crippen LogP contribution in [0.5, 0.6) is 17.2 Å². The predicted octanol–water partition coefficient (Wildman–Crippen LogP) is 2.55. The highest BCUT2D eigenvalue weighted by atomic mass is 16.6. The summed E-state index contributed by atoms with van der Waals surface area (Å²) in [6, 6.07) is 11.2. The van der Waals surface area contributed by atoms with E-state index in [0.29, 0.717) is 36.1 Å². The second-order valence-corrected chi connectivity index (χ2v) is 7.26. The molecule has 1 unspecified atom stereocenters. The number of fused-ring (bicyclic) bond motifs is 1. The number of carbonyl (C=O) groups excluding carboxylic acids is 3. The molecule has 0 spiro atoms. The van der Waals surface area contributed by atoms with Crippen molar-refractivity contribution in [3.63, 3.8) is 0 Å². The van der Waals surface area contributed by atoms with Crippen molar-refractivity contribution in [3.8, 4) is 17.2 Å². The number of hydrogen-bond donors (Lipinski definition) is 2. The number of nitrogens with one attached hydrogen (secondary N) is 2. The Morgan fingerprint density at radius 1 is 1.00 bits per heavy atom. The Balaban J connectivity index is 1.47. The predicted molar refractivity (Wildman–Crippen MR) is 121 cm³/mol. The van der Waals surface area contributed by atoms with Gasteiger partial charge in [-0.15, -0.1) is 0 Å². The van der Waals surface area contributed by atoms with Crippen LogP contribution in [0.4, 0.5) is 5.69 Å². The molecule has 33 heavy (non-hydrogen) atoms. The van der Waals surface area contributed by atoms with Crippen molar-refractivity contribution >= 4 is 29.5 Å². The lowest BCUT2D eigenvalue weighted by molar-refractivity contribution is -0.155. The Bertz CT molecular complexity index is 1030. The number of carbonyl (C=O) groups is 3. The van der Waals surface area contributed by atoms with E-state index < -0.39 is 29.9 Å². The Hall–Kier alpha value is -4.01. The van der Waals surface area contributed by atoms with Crippen LogP contribution in [0.2, 0.25) is 0 Å². The van der Waals surface area contributed by atoms with Crippen LogP contribution in [-0.2, 0) is 19.1 Å². The number of anilines is 1. The Kier molecular flexibility index (Phi) is 7.91. The number of methoxy groups -OCH3 is 1. The summed E-state index contributed by atoms with van der Waals surface area (Å²) in [5.41, 5.74) is 1.28. The zero-order valence-electron chi connectivity index (χ0n) is 18.6. The lowest BCUT2D eigenvalue weighted by Gasteiger charge is -2.20. The Morgan fingerprint density at radius 3 is 2.39 bits per heavy atom. The molecule has 174 valence electrons. The van der Waals surface area contributed by atoms with E-state index in [1.165, 1.54) is 19.9 Å². The molecule has 1 aliphatic rings. The van der Waals surface area contributed by atoms with Crippen molar-refractivity contribution in [2.45, 2.75) is 26.0 Å². The summed E-state index contributed by atoms with van der Waals surface area (Å²) in [6.07, 6.45) is 1.85. The average molecular weight is 454 g/mol. The van der Waals surface area contributed by atoms with E-state index in [4.69, 9.17) is 18.9 Å². The second-order valence-electron chi connectivity index (χ2n) is 7.26. The van der Waals surface area contributed by atoms with Gasteiger partial charge in [-0.1, -0.05) is 12.1 Å². The van der Waals surface area contributed by atoms with Crippen molar-refractivity contribution in [1.82, 2.24) is 5.32 Å². The van der Waals surface area contributed by atoms with Gasteiger partial charge in [0.1, 0.15) is 25.0 Å². The third kappa shape index (κ3) is 6.73. The number of hydrogen-bond acceptors (Lipinski definition) is 7. The largest absolute Gasteiger partial charge is 0.497 e. The summed E-state index contributed by atoms with van der Waals surface area (Å²) in [5, 5.41) is 5.18. The number of rotatable bonds is 8. The molecular weight excluding hydrogens is 428 g/mol. The minimum absolute atomic E-state index is 0.428. The van der Waals surface area contributed by atoms with E-state index in [1.807, 2.05) is 0 Å². The van der Waals surface area contributed by atoms with Crippen LogP contribution >= 0.6 is 0 Å². The standard InChI is InChI=1S/C24H26N2O7/c1-15(25-22(27)11-6-17-4-8-19(30-3)9-5-17)24(29)33-16(2)23(28)26-18-7-10-20-21(14-18)32-13-12-31-20/h4-11,14-16H,12-13H2,1-3H3,(H,25,27)(H,26,28)/t15-,16?/m0/s1. The van der Waals surface area contributed by atoms with Gasteiger partial charge in [0.05, 0.1) is 7.11 Å². The lowest BCUT2D eigenvalue weighted by Crippen LogP contribution is -2.41.